The molecule has 27 heavy (non-hydrogen) atoms. The number of ether oxygens (including phenoxy) is 1. The van der Waals surface area contributed by atoms with Gasteiger partial charge in [-0.25, -0.2) is 8.42 Å². The van der Waals surface area contributed by atoms with Crippen molar-refractivity contribution in [1.82, 2.24) is 4.90 Å². The van der Waals surface area contributed by atoms with Gasteiger partial charge in [-0.1, -0.05) is 23.7 Å². The number of carbonyl (C=O) groups excluding carboxylic acids is 1. The maximum atomic E-state index is 12.5. The molecule has 0 aliphatic rings. The van der Waals surface area contributed by atoms with Gasteiger partial charge in [-0.2, -0.15) is 0 Å². The molecule has 0 aromatic heterocycles. The van der Waals surface area contributed by atoms with Crippen molar-refractivity contribution in [2.24, 2.45) is 0 Å². The molecule has 0 saturated heterocycles. The van der Waals surface area contributed by atoms with Gasteiger partial charge < -0.3 is 9.64 Å². The molecule has 0 aliphatic carbocycles. The quantitative estimate of drug-likeness (QED) is 0.703. The van der Waals surface area contributed by atoms with E-state index in [9.17, 15) is 13.2 Å². The molecule has 0 aliphatic heterocycles. The molecule has 1 atom stereocenters. The zero-order chi connectivity index (χ0) is 20.2. The molecule has 1 amide bonds. The lowest BCUT2D eigenvalue weighted by atomic mass is 10.2. The number of nitrogens with zero attached hydrogens (tertiary/aromatic N) is 2. The number of hydrogen-bond acceptors (Lipinski definition) is 4. The molecule has 2 rings (SSSR count). The van der Waals surface area contributed by atoms with Crippen molar-refractivity contribution in [3.05, 3.63) is 59.1 Å². The van der Waals surface area contributed by atoms with Crippen LogP contribution < -0.4 is 9.04 Å². The first-order chi connectivity index (χ1) is 12.6. The first-order valence-corrected chi connectivity index (χ1v) is 10.5. The summed E-state index contributed by atoms with van der Waals surface area (Å²) in [6.45, 7) is 2.12. The summed E-state index contributed by atoms with van der Waals surface area (Å²) in [6.07, 6.45) is 0.454. The number of rotatable bonds is 7. The maximum Gasteiger partial charge on any atom is 0.263 e. The minimum Gasteiger partial charge on any atom is -0.481 e. The second-order valence-corrected chi connectivity index (χ2v) is 8.76. The third kappa shape index (κ3) is 5.87. The van der Waals surface area contributed by atoms with Crippen LogP contribution in [0.1, 0.15) is 12.5 Å². The number of halogens is 1. The van der Waals surface area contributed by atoms with Crippen molar-refractivity contribution in [3.8, 4) is 5.75 Å². The largest absolute Gasteiger partial charge is 0.481 e. The number of benzene rings is 2. The molecule has 0 unspecified atom stereocenters. The number of carbonyl (C=O) groups is 1. The average Bonchev–Trinajstić information content (AvgIpc) is 2.62. The van der Waals surface area contributed by atoms with Crippen molar-refractivity contribution in [2.45, 2.75) is 19.6 Å². The van der Waals surface area contributed by atoms with E-state index in [1.807, 2.05) is 12.1 Å². The summed E-state index contributed by atoms with van der Waals surface area (Å²) in [5.74, 6) is 0.323. The highest BCUT2D eigenvalue weighted by molar-refractivity contribution is 7.92. The Morgan fingerprint density at radius 3 is 2.15 bits per heavy atom. The van der Waals surface area contributed by atoms with E-state index in [4.69, 9.17) is 16.3 Å². The molecule has 0 fully saturated rings. The van der Waals surface area contributed by atoms with Crippen LogP contribution in [0.15, 0.2) is 48.5 Å². The van der Waals surface area contributed by atoms with Crippen LogP contribution in [0.3, 0.4) is 0 Å². The van der Waals surface area contributed by atoms with Gasteiger partial charge in [-0.3, -0.25) is 9.10 Å². The minimum atomic E-state index is -3.33. The fourth-order valence-corrected chi connectivity index (χ4v) is 3.06. The molecule has 2 aromatic carbocycles. The fraction of sp³-hybridized carbons (Fsp3) is 0.316. The lowest BCUT2D eigenvalue weighted by molar-refractivity contribution is -0.137. The van der Waals surface area contributed by atoms with Gasteiger partial charge in [0, 0.05) is 25.7 Å². The van der Waals surface area contributed by atoms with Gasteiger partial charge in [-0.15, -0.1) is 0 Å². The number of hydrogen-bond donors (Lipinski definition) is 0. The molecule has 0 bridgehead atoms. The fourth-order valence-electron chi connectivity index (χ4n) is 2.43. The predicted molar refractivity (Wildman–Crippen MR) is 108 cm³/mol. The molecular weight excluding hydrogens is 388 g/mol. The lowest BCUT2D eigenvalue weighted by Gasteiger charge is -2.23. The molecule has 0 radical (unpaired) electrons. The van der Waals surface area contributed by atoms with E-state index in [1.165, 1.54) is 11.4 Å². The summed E-state index contributed by atoms with van der Waals surface area (Å²) < 4.78 is 30.0. The smallest absolute Gasteiger partial charge is 0.263 e. The van der Waals surface area contributed by atoms with E-state index < -0.39 is 16.1 Å². The highest BCUT2D eigenvalue weighted by Gasteiger charge is 2.20. The van der Waals surface area contributed by atoms with E-state index in [2.05, 4.69) is 0 Å². The van der Waals surface area contributed by atoms with E-state index >= 15 is 0 Å². The maximum absolute atomic E-state index is 12.5. The van der Waals surface area contributed by atoms with Crippen LogP contribution in [0.4, 0.5) is 5.69 Å². The number of sulfonamides is 1. The monoisotopic (exact) mass is 410 g/mol. The minimum absolute atomic E-state index is 0.165. The van der Waals surface area contributed by atoms with Gasteiger partial charge in [0.25, 0.3) is 5.91 Å². The number of anilines is 1. The highest BCUT2D eigenvalue weighted by atomic mass is 35.5. The van der Waals surface area contributed by atoms with Gasteiger partial charge in [0.15, 0.2) is 6.10 Å². The number of likely N-dealkylation sites (N-methyl/N-ethyl adjacent to an activating group) is 1. The molecule has 0 saturated carbocycles. The van der Waals surface area contributed by atoms with Gasteiger partial charge in [-0.05, 0) is 48.9 Å². The van der Waals surface area contributed by atoms with Crippen molar-refractivity contribution < 1.29 is 17.9 Å². The third-order valence-corrected chi connectivity index (χ3v) is 5.53. The van der Waals surface area contributed by atoms with Gasteiger partial charge >= 0.3 is 0 Å². The SMILES string of the molecule is C[C@H](Oc1ccc(N(C)S(C)(=O)=O)cc1)C(=O)N(C)Cc1ccc(Cl)cc1. The molecule has 2 aromatic rings. The summed E-state index contributed by atoms with van der Waals surface area (Å²) in [5, 5.41) is 0.648. The molecule has 0 N–H and O–H groups in total. The van der Waals surface area contributed by atoms with Crippen LogP contribution in [-0.4, -0.2) is 45.7 Å². The first-order valence-electron chi connectivity index (χ1n) is 8.28. The highest BCUT2D eigenvalue weighted by Crippen LogP contribution is 2.21. The summed E-state index contributed by atoms with van der Waals surface area (Å²) >= 11 is 5.87. The third-order valence-electron chi connectivity index (χ3n) is 4.07. The van der Waals surface area contributed by atoms with Crippen molar-refractivity contribution in [3.63, 3.8) is 0 Å². The Balaban J connectivity index is 1.98. The molecule has 8 heteroatoms. The second kappa shape index (κ2) is 8.63. The van der Waals surface area contributed by atoms with Crippen LogP contribution in [0.5, 0.6) is 5.75 Å². The Hall–Kier alpha value is -2.25. The molecule has 0 spiro atoms. The molecule has 146 valence electrons. The zero-order valence-corrected chi connectivity index (χ0v) is 17.3. The first kappa shape index (κ1) is 21.1. The van der Waals surface area contributed by atoms with Crippen molar-refractivity contribution >= 4 is 33.2 Å². The summed E-state index contributed by atoms with van der Waals surface area (Å²) in [4.78, 5) is 14.1. The average molecular weight is 411 g/mol. The molecule has 0 heterocycles. The Kier molecular flexibility index (Phi) is 6.73. The van der Waals surface area contributed by atoms with Crippen LogP contribution in [-0.2, 0) is 21.4 Å². The molecule has 6 nitrogen and oxygen atoms in total. The Morgan fingerprint density at radius 1 is 1.07 bits per heavy atom. The Labute approximate surface area is 165 Å². The van der Waals surface area contributed by atoms with E-state index in [-0.39, 0.29) is 5.91 Å². The van der Waals surface area contributed by atoms with Crippen molar-refractivity contribution in [2.75, 3.05) is 24.7 Å². The van der Waals surface area contributed by atoms with E-state index in [0.717, 1.165) is 11.8 Å². The zero-order valence-electron chi connectivity index (χ0n) is 15.7. The van der Waals surface area contributed by atoms with Crippen LogP contribution in [0.25, 0.3) is 0 Å². The molecular formula is C19H23ClN2O4S. The standard InChI is InChI=1S/C19H23ClN2O4S/c1-14(19(23)21(2)13-15-5-7-16(20)8-6-15)26-18-11-9-17(10-12-18)22(3)27(4,24)25/h5-12,14H,13H2,1-4H3/t14-/m0/s1. The number of amides is 1. The van der Waals surface area contributed by atoms with Gasteiger partial charge in [0.05, 0.1) is 11.9 Å². The van der Waals surface area contributed by atoms with Gasteiger partial charge in [0.1, 0.15) is 5.75 Å². The van der Waals surface area contributed by atoms with Crippen molar-refractivity contribution in [1.29, 1.82) is 0 Å². The normalized spacial score (nSPS) is 12.3. The lowest BCUT2D eigenvalue weighted by Crippen LogP contribution is -2.37. The van der Waals surface area contributed by atoms with Crippen LogP contribution in [0.2, 0.25) is 5.02 Å². The second-order valence-electron chi connectivity index (χ2n) is 6.31. The van der Waals surface area contributed by atoms with Crippen LogP contribution >= 0.6 is 11.6 Å². The summed E-state index contributed by atoms with van der Waals surface area (Å²) in [6, 6.07) is 13.8. The summed E-state index contributed by atoms with van der Waals surface area (Å²) in [5.41, 5.74) is 1.49. The van der Waals surface area contributed by atoms with E-state index in [1.54, 1.807) is 55.3 Å². The predicted octanol–water partition coefficient (Wildman–Crippen LogP) is 3.16. The summed E-state index contributed by atoms with van der Waals surface area (Å²) in [7, 11) is -0.141. The van der Waals surface area contributed by atoms with Crippen LogP contribution in [0, 0.1) is 0 Å². The van der Waals surface area contributed by atoms with E-state index in [0.29, 0.717) is 23.0 Å². The van der Waals surface area contributed by atoms with Gasteiger partial charge in [0.2, 0.25) is 10.0 Å². The topological polar surface area (TPSA) is 66.9 Å². The Morgan fingerprint density at radius 2 is 1.63 bits per heavy atom. The Bertz CT molecular complexity index is 883.